The molecule has 1 heterocycles. The summed E-state index contributed by atoms with van der Waals surface area (Å²) in [6.45, 7) is 0.918. The number of aromatic nitrogens is 1. The maximum absolute atomic E-state index is 5.20. The Balaban J connectivity index is 2.36. The van der Waals surface area contributed by atoms with Gasteiger partial charge in [-0.25, -0.2) is 0 Å². The van der Waals surface area contributed by atoms with Crippen LogP contribution in [-0.2, 0) is 4.84 Å². The third-order valence-corrected chi connectivity index (χ3v) is 1.17. The lowest BCUT2D eigenvalue weighted by atomic mass is 10.3. The topological polar surface area (TPSA) is 60.5 Å². The number of oxime groups is 1. The fourth-order valence-electron chi connectivity index (χ4n) is 0.656. The highest BCUT2D eigenvalue weighted by atomic mass is 16.6. The molecule has 0 saturated heterocycles. The molecule has 0 spiro atoms. The van der Waals surface area contributed by atoms with E-state index in [-0.39, 0.29) is 0 Å². The van der Waals surface area contributed by atoms with E-state index in [2.05, 4.69) is 10.1 Å². The molecule has 1 aromatic heterocycles. The molecular formula is C8H11N3O. The summed E-state index contributed by atoms with van der Waals surface area (Å²) >= 11 is 0. The number of nitrogens with zero attached hydrogens (tertiary/aromatic N) is 2. The van der Waals surface area contributed by atoms with Crippen molar-refractivity contribution in [1.82, 2.24) is 4.98 Å². The Kier molecular flexibility index (Phi) is 3.80. The zero-order chi connectivity index (χ0) is 8.65. The zero-order valence-corrected chi connectivity index (χ0v) is 6.68. The fraction of sp³-hybridized carbons (Fsp3) is 0.250. The predicted octanol–water partition coefficient (Wildman–Crippen LogP) is 0.391. The smallest absolute Gasteiger partial charge is 0.129 e. The van der Waals surface area contributed by atoms with Gasteiger partial charge in [-0.3, -0.25) is 4.98 Å². The van der Waals surface area contributed by atoms with Crippen molar-refractivity contribution in [2.45, 2.75) is 0 Å². The molecule has 0 saturated carbocycles. The number of pyridine rings is 1. The van der Waals surface area contributed by atoms with Gasteiger partial charge >= 0.3 is 0 Å². The molecule has 0 unspecified atom stereocenters. The molecule has 1 rings (SSSR count). The average Bonchev–Trinajstić information content (AvgIpc) is 2.14. The van der Waals surface area contributed by atoms with Crippen molar-refractivity contribution in [1.29, 1.82) is 0 Å². The summed E-state index contributed by atoms with van der Waals surface area (Å²) in [7, 11) is 0. The fourth-order valence-corrected chi connectivity index (χ4v) is 0.656. The highest BCUT2D eigenvalue weighted by Crippen LogP contribution is 1.90. The Morgan fingerprint density at radius 3 is 3.25 bits per heavy atom. The van der Waals surface area contributed by atoms with Crippen LogP contribution in [-0.4, -0.2) is 24.4 Å². The second-order valence-corrected chi connectivity index (χ2v) is 2.14. The minimum absolute atomic E-state index is 0.441. The molecule has 0 atom stereocenters. The standard InChI is InChI=1S/C8H11N3O/c9-3-5-12-11-7-8-2-1-4-10-6-8/h1-2,4,6-7H,3,5,9H2. The Labute approximate surface area is 71.0 Å². The van der Waals surface area contributed by atoms with Gasteiger partial charge in [0.05, 0.1) is 6.21 Å². The summed E-state index contributed by atoms with van der Waals surface area (Å²) in [6.07, 6.45) is 5.01. The highest BCUT2D eigenvalue weighted by molar-refractivity contribution is 5.78. The molecule has 0 aliphatic heterocycles. The van der Waals surface area contributed by atoms with Crippen molar-refractivity contribution in [3.8, 4) is 0 Å². The van der Waals surface area contributed by atoms with Crippen LogP contribution < -0.4 is 5.73 Å². The lowest BCUT2D eigenvalue weighted by Gasteiger charge is -1.93. The molecule has 0 aromatic carbocycles. The van der Waals surface area contributed by atoms with E-state index in [1.54, 1.807) is 18.6 Å². The van der Waals surface area contributed by atoms with Gasteiger partial charge in [0.2, 0.25) is 0 Å². The van der Waals surface area contributed by atoms with Crippen molar-refractivity contribution < 1.29 is 4.84 Å². The van der Waals surface area contributed by atoms with Gasteiger partial charge in [0.15, 0.2) is 0 Å². The van der Waals surface area contributed by atoms with Crippen LogP contribution in [0.25, 0.3) is 0 Å². The van der Waals surface area contributed by atoms with Gasteiger partial charge in [-0.15, -0.1) is 0 Å². The molecule has 4 nitrogen and oxygen atoms in total. The van der Waals surface area contributed by atoms with E-state index in [0.717, 1.165) is 5.56 Å². The Bertz CT molecular complexity index is 235. The van der Waals surface area contributed by atoms with Crippen LogP contribution in [0.2, 0.25) is 0 Å². The van der Waals surface area contributed by atoms with Crippen molar-refractivity contribution in [3.63, 3.8) is 0 Å². The maximum Gasteiger partial charge on any atom is 0.129 e. The normalized spacial score (nSPS) is 10.4. The summed E-state index contributed by atoms with van der Waals surface area (Å²) < 4.78 is 0. The zero-order valence-electron chi connectivity index (χ0n) is 6.68. The van der Waals surface area contributed by atoms with Crippen molar-refractivity contribution in [2.24, 2.45) is 10.9 Å². The SMILES string of the molecule is NCCON=Cc1cccnc1. The van der Waals surface area contributed by atoms with Crippen molar-refractivity contribution in [3.05, 3.63) is 30.1 Å². The van der Waals surface area contributed by atoms with Gasteiger partial charge in [-0.05, 0) is 6.07 Å². The minimum atomic E-state index is 0.441. The number of nitrogens with two attached hydrogens (primary N) is 1. The van der Waals surface area contributed by atoms with E-state index >= 15 is 0 Å². The van der Waals surface area contributed by atoms with Crippen molar-refractivity contribution in [2.75, 3.05) is 13.2 Å². The molecule has 2 N–H and O–H groups in total. The van der Waals surface area contributed by atoms with Crippen LogP contribution in [0.15, 0.2) is 29.7 Å². The first-order valence-electron chi connectivity index (χ1n) is 3.69. The molecule has 0 radical (unpaired) electrons. The quantitative estimate of drug-likeness (QED) is 0.399. The molecule has 0 aliphatic carbocycles. The molecule has 0 aliphatic rings. The number of hydrogen-bond acceptors (Lipinski definition) is 4. The van der Waals surface area contributed by atoms with Gasteiger partial charge in [0.1, 0.15) is 6.61 Å². The highest BCUT2D eigenvalue weighted by Gasteiger charge is 1.83. The first-order valence-corrected chi connectivity index (χ1v) is 3.69. The molecule has 0 bridgehead atoms. The molecule has 0 fully saturated rings. The van der Waals surface area contributed by atoms with E-state index in [1.165, 1.54) is 0 Å². The van der Waals surface area contributed by atoms with Crippen LogP contribution in [0.1, 0.15) is 5.56 Å². The van der Waals surface area contributed by atoms with Crippen molar-refractivity contribution >= 4 is 6.21 Å². The number of hydrogen-bond donors (Lipinski definition) is 1. The van der Waals surface area contributed by atoms with Crippen LogP contribution in [0, 0.1) is 0 Å². The van der Waals surface area contributed by atoms with E-state index in [4.69, 9.17) is 10.6 Å². The van der Waals surface area contributed by atoms with Crippen LogP contribution >= 0.6 is 0 Å². The summed E-state index contributed by atoms with van der Waals surface area (Å²) in [4.78, 5) is 8.72. The van der Waals surface area contributed by atoms with Gasteiger partial charge in [-0.2, -0.15) is 0 Å². The van der Waals surface area contributed by atoms with Crippen LogP contribution in [0.3, 0.4) is 0 Å². The molecule has 1 aromatic rings. The number of rotatable bonds is 4. The average molecular weight is 165 g/mol. The maximum atomic E-state index is 5.20. The molecular weight excluding hydrogens is 154 g/mol. The monoisotopic (exact) mass is 165 g/mol. The van der Waals surface area contributed by atoms with E-state index in [0.29, 0.717) is 13.2 Å². The lowest BCUT2D eigenvalue weighted by Crippen LogP contribution is -2.05. The largest absolute Gasteiger partial charge is 0.394 e. The Morgan fingerprint density at radius 1 is 1.67 bits per heavy atom. The van der Waals surface area contributed by atoms with Gasteiger partial charge in [0.25, 0.3) is 0 Å². The summed E-state index contributed by atoms with van der Waals surface area (Å²) in [5, 5.41) is 3.69. The third kappa shape index (κ3) is 3.12. The lowest BCUT2D eigenvalue weighted by molar-refractivity contribution is 0.154. The summed E-state index contributed by atoms with van der Waals surface area (Å²) in [5.74, 6) is 0. The summed E-state index contributed by atoms with van der Waals surface area (Å²) in [5.41, 5.74) is 6.11. The minimum Gasteiger partial charge on any atom is -0.394 e. The van der Waals surface area contributed by atoms with E-state index < -0.39 is 0 Å². The first-order chi connectivity index (χ1) is 5.93. The molecule has 64 valence electrons. The van der Waals surface area contributed by atoms with Crippen LogP contribution in [0.4, 0.5) is 0 Å². The second kappa shape index (κ2) is 5.26. The van der Waals surface area contributed by atoms with Crippen LogP contribution in [0.5, 0.6) is 0 Å². The van der Waals surface area contributed by atoms with Gasteiger partial charge < -0.3 is 10.6 Å². The van der Waals surface area contributed by atoms with E-state index in [1.807, 2.05) is 12.1 Å². The van der Waals surface area contributed by atoms with Gasteiger partial charge in [-0.1, -0.05) is 11.2 Å². The molecule has 4 heteroatoms. The summed E-state index contributed by atoms with van der Waals surface area (Å²) in [6, 6.07) is 3.73. The second-order valence-electron chi connectivity index (χ2n) is 2.14. The molecule has 0 amide bonds. The third-order valence-electron chi connectivity index (χ3n) is 1.17. The van der Waals surface area contributed by atoms with E-state index in [9.17, 15) is 0 Å². The first kappa shape index (κ1) is 8.67. The Hall–Kier alpha value is -1.42. The van der Waals surface area contributed by atoms with Gasteiger partial charge in [0, 0.05) is 24.5 Å². The predicted molar refractivity (Wildman–Crippen MR) is 46.8 cm³/mol. The molecule has 12 heavy (non-hydrogen) atoms. The Morgan fingerprint density at radius 2 is 2.58 bits per heavy atom.